The van der Waals surface area contributed by atoms with Crippen LogP contribution >= 0.6 is 0 Å². The molecule has 2 fully saturated rings. The Morgan fingerprint density at radius 2 is 2.22 bits per heavy atom. The van der Waals surface area contributed by atoms with Crippen molar-refractivity contribution < 1.29 is 4.74 Å². The number of hydrogen-bond donors (Lipinski definition) is 1. The summed E-state index contributed by atoms with van der Waals surface area (Å²) < 4.78 is 5.67. The van der Waals surface area contributed by atoms with Gasteiger partial charge in [0.25, 0.3) is 0 Å². The lowest BCUT2D eigenvalue weighted by molar-refractivity contribution is 0.103. The van der Waals surface area contributed by atoms with E-state index in [4.69, 9.17) is 4.74 Å². The number of rotatable bonds is 8. The van der Waals surface area contributed by atoms with Gasteiger partial charge >= 0.3 is 0 Å². The molecule has 2 rings (SSSR count). The summed E-state index contributed by atoms with van der Waals surface area (Å²) in [6.07, 6.45) is 6.78. The maximum atomic E-state index is 5.67. The lowest BCUT2D eigenvalue weighted by Gasteiger charge is -2.36. The molecule has 1 saturated heterocycles. The van der Waals surface area contributed by atoms with Crippen LogP contribution in [0.3, 0.4) is 0 Å². The Morgan fingerprint density at radius 3 is 2.78 bits per heavy atom. The maximum Gasteiger partial charge on any atom is 0.0547 e. The monoisotopic (exact) mass is 254 g/mol. The number of hydrogen-bond acceptors (Lipinski definition) is 3. The molecule has 106 valence electrons. The molecule has 3 nitrogen and oxygen atoms in total. The summed E-state index contributed by atoms with van der Waals surface area (Å²) in [6.45, 7) is 8.86. The summed E-state index contributed by atoms with van der Waals surface area (Å²) in [4.78, 5) is 2.55. The van der Waals surface area contributed by atoms with Crippen LogP contribution in [0.2, 0.25) is 0 Å². The molecule has 0 radical (unpaired) electrons. The van der Waals surface area contributed by atoms with Crippen LogP contribution in [0.1, 0.15) is 39.0 Å². The van der Waals surface area contributed by atoms with E-state index < -0.39 is 0 Å². The number of nitrogens with one attached hydrogen (secondary N) is 1. The lowest BCUT2D eigenvalue weighted by atomic mass is 9.83. The first-order valence-corrected chi connectivity index (χ1v) is 7.71. The second kappa shape index (κ2) is 6.88. The zero-order valence-corrected chi connectivity index (χ0v) is 12.2. The molecule has 0 aromatic rings. The van der Waals surface area contributed by atoms with Gasteiger partial charge in [0.1, 0.15) is 0 Å². The highest BCUT2D eigenvalue weighted by Gasteiger charge is 2.36. The fourth-order valence-corrected chi connectivity index (χ4v) is 3.25. The highest BCUT2D eigenvalue weighted by atomic mass is 16.5. The van der Waals surface area contributed by atoms with E-state index >= 15 is 0 Å². The molecule has 1 saturated carbocycles. The van der Waals surface area contributed by atoms with Crippen LogP contribution in [-0.4, -0.2) is 51.3 Å². The third-order valence-electron chi connectivity index (χ3n) is 4.51. The van der Waals surface area contributed by atoms with Crippen LogP contribution < -0.4 is 5.32 Å². The van der Waals surface area contributed by atoms with Gasteiger partial charge in [-0.25, -0.2) is 0 Å². The molecule has 1 unspecified atom stereocenters. The summed E-state index contributed by atoms with van der Waals surface area (Å²) in [5, 5.41) is 3.60. The van der Waals surface area contributed by atoms with Gasteiger partial charge in [0.2, 0.25) is 0 Å². The van der Waals surface area contributed by atoms with E-state index in [1.165, 1.54) is 45.2 Å². The van der Waals surface area contributed by atoms with Crippen molar-refractivity contribution >= 4 is 0 Å². The van der Waals surface area contributed by atoms with Crippen LogP contribution in [0.15, 0.2) is 0 Å². The van der Waals surface area contributed by atoms with Gasteiger partial charge in [-0.15, -0.1) is 0 Å². The second-order valence-electron chi connectivity index (χ2n) is 6.47. The van der Waals surface area contributed by atoms with Crippen LogP contribution in [0.25, 0.3) is 0 Å². The molecule has 0 amide bonds. The molecule has 18 heavy (non-hydrogen) atoms. The van der Waals surface area contributed by atoms with Crippen LogP contribution in [0, 0.1) is 11.3 Å². The summed E-state index contributed by atoms with van der Waals surface area (Å²) in [6, 6.07) is 0. The molecular formula is C15H30N2O. The first-order chi connectivity index (χ1) is 8.74. The van der Waals surface area contributed by atoms with Crippen LogP contribution in [0.4, 0.5) is 0 Å². The standard InChI is InChI=1S/C15H30N2O/c1-3-8-16-11-15(7-9-18-13-15)12-17(2)10-14-5-4-6-14/h14,16H,3-13H2,1-2H3. The Balaban J connectivity index is 1.76. The van der Waals surface area contributed by atoms with Gasteiger partial charge in [0.15, 0.2) is 0 Å². The topological polar surface area (TPSA) is 24.5 Å². The average Bonchev–Trinajstić information content (AvgIpc) is 2.73. The Hall–Kier alpha value is -0.120. The molecule has 0 spiro atoms. The Bertz CT molecular complexity index is 235. The summed E-state index contributed by atoms with van der Waals surface area (Å²) >= 11 is 0. The highest BCUT2D eigenvalue weighted by Crippen LogP contribution is 2.31. The Labute approximate surface area is 112 Å². The molecule has 1 aliphatic carbocycles. The zero-order valence-electron chi connectivity index (χ0n) is 12.2. The van der Waals surface area contributed by atoms with Crippen molar-refractivity contribution in [3.8, 4) is 0 Å². The lowest BCUT2D eigenvalue weighted by Crippen LogP contribution is -2.45. The van der Waals surface area contributed by atoms with E-state index in [0.29, 0.717) is 5.41 Å². The van der Waals surface area contributed by atoms with E-state index in [1.54, 1.807) is 0 Å². The highest BCUT2D eigenvalue weighted by molar-refractivity contribution is 4.88. The minimum atomic E-state index is 0.369. The molecule has 0 aromatic carbocycles. The predicted molar refractivity (Wildman–Crippen MR) is 75.9 cm³/mol. The van der Waals surface area contributed by atoms with Crippen molar-refractivity contribution in [2.45, 2.75) is 39.0 Å². The van der Waals surface area contributed by atoms with E-state index in [-0.39, 0.29) is 0 Å². The molecule has 0 bridgehead atoms. The number of nitrogens with zero attached hydrogens (tertiary/aromatic N) is 1. The van der Waals surface area contributed by atoms with Gasteiger partial charge in [0.05, 0.1) is 6.61 Å². The maximum absolute atomic E-state index is 5.67. The van der Waals surface area contributed by atoms with Crippen molar-refractivity contribution in [1.82, 2.24) is 10.2 Å². The molecule has 1 N–H and O–H groups in total. The van der Waals surface area contributed by atoms with Gasteiger partial charge in [0, 0.05) is 31.7 Å². The van der Waals surface area contributed by atoms with E-state index in [9.17, 15) is 0 Å². The Morgan fingerprint density at radius 1 is 1.39 bits per heavy atom. The van der Waals surface area contributed by atoms with Gasteiger partial charge in [-0.05, 0) is 45.2 Å². The first-order valence-electron chi connectivity index (χ1n) is 7.71. The molecule has 1 heterocycles. The van der Waals surface area contributed by atoms with Crippen molar-refractivity contribution in [3.05, 3.63) is 0 Å². The minimum Gasteiger partial charge on any atom is -0.381 e. The van der Waals surface area contributed by atoms with Crippen molar-refractivity contribution in [2.75, 3.05) is 46.4 Å². The first kappa shape index (κ1) is 14.3. The largest absolute Gasteiger partial charge is 0.381 e. The normalized spacial score (nSPS) is 28.8. The van der Waals surface area contributed by atoms with Gasteiger partial charge < -0.3 is 15.0 Å². The minimum absolute atomic E-state index is 0.369. The van der Waals surface area contributed by atoms with Crippen molar-refractivity contribution in [2.24, 2.45) is 11.3 Å². The van der Waals surface area contributed by atoms with Crippen molar-refractivity contribution in [3.63, 3.8) is 0 Å². The van der Waals surface area contributed by atoms with Gasteiger partial charge in [-0.3, -0.25) is 0 Å². The van der Waals surface area contributed by atoms with Crippen molar-refractivity contribution in [1.29, 1.82) is 0 Å². The SMILES string of the molecule is CCCNCC1(CN(C)CC2CCC2)CCOC1. The zero-order chi connectivity index (χ0) is 12.8. The molecule has 2 aliphatic rings. The van der Waals surface area contributed by atoms with Gasteiger partial charge in [-0.1, -0.05) is 13.3 Å². The number of ether oxygens (including phenoxy) is 1. The van der Waals surface area contributed by atoms with E-state index in [2.05, 4.69) is 24.2 Å². The summed E-state index contributed by atoms with van der Waals surface area (Å²) in [7, 11) is 2.29. The third kappa shape index (κ3) is 3.94. The molecule has 1 aliphatic heterocycles. The fraction of sp³-hybridized carbons (Fsp3) is 1.00. The second-order valence-corrected chi connectivity index (χ2v) is 6.47. The fourth-order valence-electron chi connectivity index (χ4n) is 3.25. The smallest absolute Gasteiger partial charge is 0.0547 e. The third-order valence-corrected chi connectivity index (χ3v) is 4.51. The van der Waals surface area contributed by atoms with Crippen LogP contribution in [0.5, 0.6) is 0 Å². The van der Waals surface area contributed by atoms with Crippen LogP contribution in [-0.2, 0) is 4.74 Å². The van der Waals surface area contributed by atoms with Gasteiger partial charge in [-0.2, -0.15) is 0 Å². The molecule has 0 aromatic heterocycles. The average molecular weight is 254 g/mol. The predicted octanol–water partition coefficient (Wildman–Crippen LogP) is 2.12. The molecule has 1 atom stereocenters. The molecular weight excluding hydrogens is 224 g/mol. The quantitative estimate of drug-likeness (QED) is 0.672. The summed E-state index contributed by atoms with van der Waals surface area (Å²) in [5.74, 6) is 0.970. The van der Waals surface area contributed by atoms with E-state index in [1.807, 2.05) is 0 Å². The summed E-state index contributed by atoms with van der Waals surface area (Å²) in [5.41, 5.74) is 0.369. The molecule has 3 heteroatoms. The van der Waals surface area contributed by atoms with E-state index in [0.717, 1.165) is 32.2 Å². The Kier molecular flexibility index (Phi) is 5.46.